The van der Waals surface area contributed by atoms with Gasteiger partial charge in [0.05, 0.1) is 0 Å². The third-order valence-electron chi connectivity index (χ3n) is 1.88. The second-order valence-corrected chi connectivity index (χ2v) is 2.86. The molecule has 1 aromatic heterocycles. The van der Waals surface area contributed by atoms with E-state index in [1.807, 2.05) is 26.1 Å². The van der Waals surface area contributed by atoms with E-state index in [0.717, 1.165) is 11.3 Å². The fraction of sp³-hybridized carbons (Fsp3) is 0.200. The Kier molecular flexibility index (Phi) is 2.38. The summed E-state index contributed by atoms with van der Waals surface area (Å²) in [5.74, 6) is 0. The Hall–Kier alpha value is -1.44. The van der Waals surface area contributed by atoms with E-state index < -0.39 is 0 Å². The van der Waals surface area contributed by atoms with Gasteiger partial charge in [0.1, 0.15) is 0 Å². The molecule has 0 saturated carbocycles. The maximum atomic E-state index is 5.63. The van der Waals surface area contributed by atoms with Gasteiger partial charge in [-0.3, -0.25) is 0 Å². The van der Waals surface area contributed by atoms with Crippen LogP contribution >= 0.6 is 0 Å². The highest BCUT2D eigenvalue weighted by atomic mass is 14.7. The number of hydrogen-bond donors (Lipinski definition) is 2. The van der Waals surface area contributed by atoms with Gasteiger partial charge in [-0.05, 0) is 37.1 Å². The predicted octanol–water partition coefficient (Wildman–Crippen LogP) is 2.12. The van der Waals surface area contributed by atoms with E-state index in [1.54, 1.807) is 6.08 Å². The summed E-state index contributed by atoms with van der Waals surface area (Å²) < 4.78 is 0. The molecule has 1 rings (SSSR count). The number of aryl methyl sites for hydroxylation is 2. The second-order valence-electron chi connectivity index (χ2n) is 2.86. The van der Waals surface area contributed by atoms with Gasteiger partial charge in [0, 0.05) is 17.6 Å². The zero-order chi connectivity index (χ0) is 9.14. The molecule has 0 spiro atoms. The van der Waals surface area contributed by atoms with Crippen LogP contribution < -0.4 is 5.73 Å². The largest absolute Gasteiger partial charge is 0.399 e. The van der Waals surface area contributed by atoms with Crippen molar-refractivity contribution in [3.8, 4) is 0 Å². The standard InChI is InChI=1S/C10H14N2/c1-4-9(11)5-10-7(2)6-12-8(10)3/h4-6,12H,1,11H2,2-3H3/b9-5+. The van der Waals surface area contributed by atoms with Crippen molar-refractivity contribution in [2.75, 3.05) is 0 Å². The Morgan fingerprint density at radius 1 is 1.58 bits per heavy atom. The first-order valence-corrected chi connectivity index (χ1v) is 3.89. The number of nitrogens with one attached hydrogen (secondary N) is 1. The number of aromatic nitrogens is 1. The Bertz CT molecular complexity index is 299. The molecule has 0 saturated heterocycles. The number of nitrogens with two attached hydrogens (primary N) is 1. The van der Waals surface area contributed by atoms with Crippen LogP contribution in [-0.2, 0) is 0 Å². The van der Waals surface area contributed by atoms with Crippen molar-refractivity contribution in [3.63, 3.8) is 0 Å². The van der Waals surface area contributed by atoms with Gasteiger partial charge in [0.2, 0.25) is 0 Å². The molecule has 0 aliphatic heterocycles. The molecule has 0 radical (unpaired) electrons. The van der Waals surface area contributed by atoms with E-state index in [9.17, 15) is 0 Å². The lowest BCUT2D eigenvalue weighted by Gasteiger charge is -1.95. The monoisotopic (exact) mass is 162 g/mol. The highest BCUT2D eigenvalue weighted by molar-refractivity contribution is 5.60. The van der Waals surface area contributed by atoms with Crippen molar-refractivity contribution < 1.29 is 0 Å². The third kappa shape index (κ3) is 1.59. The normalized spacial score (nSPS) is 11.7. The van der Waals surface area contributed by atoms with Crippen LogP contribution in [0, 0.1) is 13.8 Å². The van der Waals surface area contributed by atoms with Crippen LogP contribution in [0.1, 0.15) is 16.8 Å². The third-order valence-corrected chi connectivity index (χ3v) is 1.88. The number of aromatic amines is 1. The van der Waals surface area contributed by atoms with Gasteiger partial charge in [-0.25, -0.2) is 0 Å². The van der Waals surface area contributed by atoms with E-state index in [2.05, 4.69) is 11.6 Å². The lowest BCUT2D eigenvalue weighted by atomic mass is 10.1. The molecular weight excluding hydrogens is 148 g/mol. The van der Waals surface area contributed by atoms with Gasteiger partial charge >= 0.3 is 0 Å². The lowest BCUT2D eigenvalue weighted by Crippen LogP contribution is -1.92. The first-order chi connectivity index (χ1) is 5.65. The van der Waals surface area contributed by atoms with Crippen LogP contribution in [0.3, 0.4) is 0 Å². The van der Waals surface area contributed by atoms with E-state index in [4.69, 9.17) is 5.73 Å². The van der Waals surface area contributed by atoms with Crippen molar-refractivity contribution in [2.24, 2.45) is 5.73 Å². The van der Waals surface area contributed by atoms with Crippen LogP contribution in [0.25, 0.3) is 6.08 Å². The first kappa shape index (κ1) is 8.65. The van der Waals surface area contributed by atoms with Crippen molar-refractivity contribution in [1.82, 2.24) is 4.98 Å². The fourth-order valence-corrected chi connectivity index (χ4v) is 1.12. The molecule has 0 amide bonds. The molecule has 64 valence electrons. The minimum atomic E-state index is 0.695. The number of H-pyrrole nitrogens is 1. The molecule has 0 atom stereocenters. The number of hydrogen-bond acceptors (Lipinski definition) is 1. The quantitative estimate of drug-likeness (QED) is 0.642. The minimum absolute atomic E-state index is 0.695. The summed E-state index contributed by atoms with van der Waals surface area (Å²) in [4.78, 5) is 3.13. The summed E-state index contributed by atoms with van der Waals surface area (Å²) in [6, 6.07) is 0. The fourth-order valence-electron chi connectivity index (χ4n) is 1.12. The van der Waals surface area contributed by atoms with Crippen LogP contribution in [0.4, 0.5) is 0 Å². The van der Waals surface area contributed by atoms with Gasteiger partial charge < -0.3 is 10.7 Å². The average Bonchev–Trinajstić information content (AvgIpc) is 2.35. The molecule has 0 bridgehead atoms. The number of rotatable bonds is 2. The predicted molar refractivity (Wildman–Crippen MR) is 52.6 cm³/mol. The van der Waals surface area contributed by atoms with Crippen LogP contribution in [0.5, 0.6) is 0 Å². The van der Waals surface area contributed by atoms with Gasteiger partial charge in [-0.1, -0.05) is 6.58 Å². The zero-order valence-electron chi connectivity index (χ0n) is 7.52. The summed E-state index contributed by atoms with van der Waals surface area (Å²) in [5, 5.41) is 0. The molecule has 0 aliphatic rings. The Morgan fingerprint density at radius 3 is 2.67 bits per heavy atom. The topological polar surface area (TPSA) is 41.8 Å². The first-order valence-electron chi connectivity index (χ1n) is 3.89. The highest BCUT2D eigenvalue weighted by Gasteiger charge is 2.00. The second kappa shape index (κ2) is 3.30. The van der Waals surface area contributed by atoms with Crippen LogP contribution in [0.2, 0.25) is 0 Å². The molecule has 1 heterocycles. The summed E-state index contributed by atoms with van der Waals surface area (Å²) in [6.45, 7) is 7.67. The van der Waals surface area contributed by atoms with Crippen molar-refractivity contribution in [1.29, 1.82) is 0 Å². The van der Waals surface area contributed by atoms with Crippen molar-refractivity contribution >= 4 is 6.08 Å². The van der Waals surface area contributed by atoms with Crippen molar-refractivity contribution in [2.45, 2.75) is 13.8 Å². The van der Waals surface area contributed by atoms with Crippen LogP contribution in [0.15, 0.2) is 24.5 Å². The molecule has 2 nitrogen and oxygen atoms in total. The molecular formula is C10H14N2. The Labute approximate surface area is 72.8 Å². The van der Waals surface area contributed by atoms with Gasteiger partial charge in [0.15, 0.2) is 0 Å². The van der Waals surface area contributed by atoms with E-state index in [0.29, 0.717) is 5.70 Å². The molecule has 1 aromatic rings. The smallest absolute Gasteiger partial charge is 0.0314 e. The molecule has 2 heteroatoms. The zero-order valence-corrected chi connectivity index (χ0v) is 7.52. The van der Waals surface area contributed by atoms with Crippen molar-refractivity contribution in [3.05, 3.63) is 41.4 Å². The maximum Gasteiger partial charge on any atom is 0.0314 e. The highest BCUT2D eigenvalue weighted by Crippen LogP contribution is 2.14. The minimum Gasteiger partial charge on any atom is -0.399 e. The Morgan fingerprint density at radius 2 is 2.25 bits per heavy atom. The van der Waals surface area contributed by atoms with E-state index in [1.165, 1.54) is 5.56 Å². The molecule has 0 aliphatic carbocycles. The lowest BCUT2D eigenvalue weighted by molar-refractivity contribution is 1.26. The summed E-state index contributed by atoms with van der Waals surface area (Å²) in [7, 11) is 0. The summed E-state index contributed by atoms with van der Waals surface area (Å²) in [6.07, 6.45) is 5.54. The number of allylic oxidation sites excluding steroid dienone is 1. The van der Waals surface area contributed by atoms with E-state index >= 15 is 0 Å². The summed E-state index contributed by atoms with van der Waals surface area (Å²) in [5.41, 5.74) is 9.83. The molecule has 3 N–H and O–H groups in total. The SMILES string of the molecule is C=C/C(N)=C\c1c(C)c[nH]c1C. The molecule has 0 aromatic carbocycles. The summed E-state index contributed by atoms with van der Waals surface area (Å²) >= 11 is 0. The average molecular weight is 162 g/mol. The van der Waals surface area contributed by atoms with Gasteiger partial charge in [-0.2, -0.15) is 0 Å². The van der Waals surface area contributed by atoms with E-state index in [-0.39, 0.29) is 0 Å². The van der Waals surface area contributed by atoms with Gasteiger partial charge in [0.25, 0.3) is 0 Å². The van der Waals surface area contributed by atoms with Crippen LogP contribution in [-0.4, -0.2) is 4.98 Å². The van der Waals surface area contributed by atoms with Gasteiger partial charge in [-0.15, -0.1) is 0 Å². The maximum absolute atomic E-state index is 5.63. The molecule has 0 unspecified atom stereocenters. The Balaban J connectivity index is 3.10. The molecule has 0 fully saturated rings. The molecule has 12 heavy (non-hydrogen) atoms.